The second-order valence-corrected chi connectivity index (χ2v) is 5.55. The maximum absolute atomic E-state index is 11.4. The van der Waals surface area contributed by atoms with Gasteiger partial charge in [0.25, 0.3) is 0 Å². The topological polar surface area (TPSA) is 40.5 Å². The molecule has 110 valence electrons. The van der Waals surface area contributed by atoms with Crippen LogP contribution < -0.4 is 4.90 Å². The highest BCUT2D eigenvalue weighted by molar-refractivity contribution is 7.11. The Kier molecular flexibility index (Phi) is 5.17. The van der Waals surface area contributed by atoms with Crippen LogP contribution >= 0.6 is 11.3 Å². The Morgan fingerprint density at radius 3 is 2.33 bits per heavy atom. The monoisotopic (exact) mass is 301 g/mol. The largest absolute Gasteiger partial charge is 0.478 e. The average Bonchev–Trinajstić information content (AvgIpc) is 3.01. The fraction of sp³-hybridized carbons (Fsp3) is 0.235. The number of hydrogen-bond acceptors (Lipinski definition) is 3. The number of hydrogen-bond donors (Lipinski definition) is 1. The maximum Gasteiger partial charge on any atom is 0.337 e. The Hall–Kier alpha value is -2.07. The number of carboxylic acid groups (broad SMARTS) is 1. The van der Waals surface area contributed by atoms with E-state index in [0.29, 0.717) is 5.57 Å². The van der Waals surface area contributed by atoms with Gasteiger partial charge in [-0.3, -0.25) is 0 Å². The SMILES string of the molecule is CCN(CC)c1ccc(/C=C(\C(=O)O)c2cccs2)cc1. The van der Waals surface area contributed by atoms with Crippen molar-refractivity contribution in [1.29, 1.82) is 0 Å². The van der Waals surface area contributed by atoms with Crippen LogP contribution in [0.4, 0.5) is 5.69 Å². The molecule has 0 aliphatic carbocycles. The molecular formula is C17H19NO2S. The molecule has 0 amide bonds. The van der Waals surface area contributed by atoms with E-state index in [1.54, 1.807) is 6.08 Å². The Balaban J connectivity index is 2.29. The van der Waals surface area contributed by atoms with Gasteiger partial charge in [0.05, 0.1) is 5.57 Å². The molecule has 0 atom stereocenters. The summed E-state index contributed by atoms with van der Waals surface area (Å²) in [6.07, 6.45) is 1.72. The first-order chi connectivity index (χ1) is 10.2. The van der Waals surface area contributed by atoms with Crippen LogP contribution in [0.2, 0.25) is 0 Å². The van der Waals surface area contributed by atoms with Gasteiger partial charge in [-0.25, -0.2) is 4.79 Å². The van der Waals surface area contributed by atoms with Crippen LogP contribution in [0.15, 0.2) is 41.8 Å². The zero-order chi connectivity index (χ0) is 15.2. The van der Waals surface area contributed by atoms with Crippen LogP contribution in [0.1, 0.15) is 24.3 Å². The number of thiophene rings is 1. The molecular weight excluding hydrogens is 282 g/mol. The van der Waals surface area contributed by atoms with Crippen molar-refractivity contribution in [3.05, 3.63) is 52.2 Å². The van der Waals surface area contributed by atoms with E-state index in [1.807, 2.05) is 41.8 Å². The molecule has 1 heterocycles. The lowest BCUT2D eigenvalue weighted by Gasteiger charge is -2.20. The molecule has 0 radical (unpaired) electrons. The van der Waals surface area contributed by atoms with E-state index >= 15 is 0 Å². The third-order valence-electron chi connectivity index (χ3n) is 3.35. The van der Waals surface area contributed by atoms with Gasteiger partial charge in [0.2, 0.25) is 0 Å². The Labute approximate surface area is 129 Å². The number of benzene rings is 1. The van der Waals surface area contributed by atoms with Crippen molar-refractivity contribution in [2.24, 2.45) is 0 Å². The van der Waals surface area contributed by atoms with Crippen LogP contribution in [-0.2, 0) is 4.79 Å². The fourth-order valence-corrected chi connectivity index (χ4v) is 2.94. The van der Waals surface area contributed by atoms with Gasteiger partial charge in [0, 0.05) is 23.7 Å². The number of anilines is 1. The summed E-state index contributed by atoms with van der Waals surface area (Å²) in [5.41, 5.74) is 2.39. The zero-order valence-electron chi connectivity index (χ0n) is 12.2. The van der Waals surface area contributed by atoms with Gasteiger partial charge < -0.3 is 10.0 Å². The summed E-state index contributed by atoms with van der Waals surface area (Å²) in [6.45, 7) is 6.16. The molecule has 0 unspecified atom stereocenters. The van der Waals surface area contributed by atoms with Crippen molar-refractivity contribution in [2.75, 3.05) is 18.0 Å². The summed E-state index contributed by atoms with van der Waals surface area (Å²) in [7, 11) is 0. The lowest BCUT2D eigenvalue weighted by Crippen LogP contribution is -2.21. The Bertz CT molecular complexity index is 611. The summed E-state index contributed by atoms with van der Waals surface area (Å²) in [5.74, 6) is -0.898. The molecule has 1 aromatic heterocycles. The molecule has 1 aromatic carbocycles. The van der Waals surface area contributed by atoms with Gasteiger partial charge in [-0.15, -0.1) is 11.3 Å². The van der Waals surface area contributed by atoms with Crippen LogP contribution in [0.3, 0.4) is 0 Å². The Morgan fingerprint density at radius 1 is 1.19 bits per heavy atom. The highest BCUT2D eigenvalue weighted by atomic mass is 32.1. The van der Waals surface area contributed by atoms with Crippen LogP contribution in [0.25, 0.3) is 11.6 Å². The molecule has 0 aliphatic heterocycles. The molecule has 0 saturated carbocycles. The minimum absolute atomic E-state index is 0.334. The number of carbonyl (C=O) groups is 1. The van der Waals surface area contributed by atoms with E-state index in [9.17, 15) is 9.90 Å². The first-order valence-electron chi connectivity index (χ1n) is 6.99. The van der Waals surface area contributed by atoms with Crippen molar-refractivity contribution in [1.82, 2.24) is 0 Å². The standard InChI is InChI=1S/C17H19NO2S/c1-3-18(4-2)14-9-7-13(8-10-14)12-15(17(19)20)16-6-5-11-21-16/h5-12H,3-4H2,1-2H3,(H,19,20)/b15-12-. The van der Waals surface area contributed by atoms with E-state index in [4.69, 9.17) is 0 Å². The minimum Gasteiger partial charge on any atom is -0.478 e. The third kappa shape index (κ3) is 3.73. The summed E-state index contributed by atoms with van der Waals surface area (Å²) < 4.78 is 0. The van der Waals surface area contributed by atoms with E-state index in [-0.39, 0.29) is 0 Å². The van der Waals surface area contributed by atoms with E-state index in [0.717, 1.165) is 29.2 Å². The molecule has 2 aromatic rings. The smallest absolute Gasteiger partial charge is 0.337 e. The number of aliphatic carboxylic acids is 1. The second-order valence-electron chi connectivity index (χ2n) is 4.60. The van der Waals surface area contributed by atoms with Gasteiger partial charge in [-0.05, 0) is 49.1 Å². The summed E-state index contributed by atoms with van der Waals surface area (Å²) in [4.78, 5) is 14.4. The first-order valence-corrected chi connectivity index (χ1v) is 7.87. The van der Waals surface area contributed by atoms with Crippen LogP contribution in [0.5, 0.6) is 0 Å². The molecule has 0 saturated heterocycles. The van der Waals surface area contributed by atoms with Gasteiger partial charge in [0.15, 0.2) is 0 Å². The lowest BCUT2D eigenvalue weighted by molar-refractivity contribution is -0.130. The molecule has 0 fully saturated rings. The third-order valence-corrected chi connectivity index (χ3v) is 4.25. The normalized spacial score (nSPS) is 11.4. The van der Waals surface area contributed by atoms with Gasteiger partial charge in [-0.2, -0.15) is 0 Å². The Morgan fingerprint density at radius 2 is 1.86 bits per heavy atom. The first kappa shape index (κ1) is 15.3. The average molecular weight is 301 g/mol. The van der Waals surface area contributed by atoms with Gasteiger partial charge >= 0.3 is 5.97 Å². The summed E-state index contributed by atoms with van der Waals surface area (Å²) in [5, 5.41) is 11.2. The van der Waals surface area contributed by atoms with Crippen LogP contribution in [0, 0.1) is 0 Å². The molecule has 0 spiro atoms. The van der Waals surface area contributed by atoms with Crippen molar-refractivity contribution in [2.45, 2.75) is 13.8 Å². The molecule has 2 rings (SSSR count). The summed E-state index contributed by atoms with van der Waals surface area (Å²) >= 11 is 1.44. The maximum atomic E-state index is 11.4. The fourth-order valence-electron chi connectivity index (χ4n) is 2.21. The number of carboxylic acids is 1. The predicted molar refractivity (Wildman–Crippen MR) is 89.8 cm³/mol. The van der Waals surface area contributed by atoms with E-state index in [2.05, 4.69) is 18.7 Å². The second kappa shape index (κ2) is 7.09. The molecule has 0 bridgehead atoms. The number of rotatable bonds is 6. The summed E-state index contributed by atoms with van der Waals surface area (Å²) in [6, 6.07) is 11.7. The lowest BCUT2D eigenvalue weighted by atomic mass is 10.1. The molecule has 1 N–H and O–H groups in total. The quantitative estimate of drug-likeness (QED) is 0.812. The predicted octanol–water partition coefficient (Wildman–Crippen LogP) is 4.22. The highest BCUT2D eigenvalue weighted by Crippen LogP contribution is 2.24. The van der Waals surface area contributed by atoms with Crippen LogP contribution in [-0.4, -0.2) is 24.2 Å². The molecule has 0 aliphatic rings. The molecule has 21 heavy (non-hydrogen) atoms. The zero-order valence-corrected chi connectivity index (χ0v) is 13.1. The highest BCUT2D eigenvalue weighted by Gasteiger charge is 2.11. The van der Waals surface area contributed by atoms with E-state index in [1.165, 1.54) is 11.3 Å². The van der Waals surface area contributed by atoms with Gasteiger partial charge in [-0.1, -0.05) is 18.2 Å². The van der Waals surface area contributed by atoms with Gasteiger partial charge in [0.1, 0.15) is 0 Å². The van der Waals surface area contributed by atoms with Crippen molar-refractivity contribution >= 4 is 34.6 Å². The minimum atomic E-state index is -0.898. The van der Waals surface area contributed by atoms with E-state index < -0.39 is 5.97 Å². The van der Waals surface area contributed by atoms with Crippen molar-refractivity contribution < 1.29 is 9.90 Å². The molecule has 3 nitrogen and oxygen atoms in total. The van der Waals surface area contributed by atoms with Crippen molar-refractivity contribution in [3.8, 4) is 0 Å². The number of nitrogens with zero attached hydrogens (tertiary/aromatic N) is 1. The molecule has 4 heteroatoms. The van der Waals surface area contributed by atoms with Crippen molar-refractivity contribution in [3.63, 3.8) is 0 Å².